The van der Waals surface area contributed by atoms with Crippen LogP contribution in [0.4, 0.5) is 0 Å². The van der Waals surface area contributed by atoms with E-state index in [0.717, 1.165) is 0 Å². The fourth-order valence-electron chi connectivity index (χ4n) is 1.13. The fourth-order valence-corrected chi connectivity index (χ4v) is 1.13. The van der Waals surface area contributed by atoms with Crippen molar-refractivity contribution in [2.24, 2.45) is 0 Å². The highest BCUT2D eigenvalue weighted by Crippen LogP contribution is 2.08. The van der Waals surface area contributed by atoms with Crippen LogP contribution in [-0.4, -0.2) is 36.2 Å². The molecule has 92 valence electrons. The Morgan fingerprint density at radius 1 is 1.25 bits per heavy atom. The molecule has 0 heterocycles. The van der Waals surface area contributed by atoms with Gasteiger partial charge in [-0.05, 0) is 27.7 Å². The first kappa shape index (κ1) is 14.6. The molecule has 5 nitrogen and oxygen atoms in total. The standard InChI is InChI=1S/C11H19NO4/c1-7(8(2)10(14)15)9(13)12-11(3,4)6-16-5/h6H2,1-5H3,(H,12,13)(H,14,15). The summed E-state index contributed by atoms with van der Waals surface area (Å²) in [6, 6.07) is 0. The first-order chi connectivity index (χ1) is 7.21. The molecule has 0 saturated carbocycles. The number of carboxylic acids is 1. The maximum absolute atomic E-state index is 11.7. The van der Waals surface area contributed by atoms with E-state index >= 15 is 0 Å². The number of carbonyl (C=O) groups excluding carboxylic acids is 1. The second-order valence-electron chi connectivity index (χ2n) is 4.33. The maximum atomic E-state index is 11.7. The fraction of sp³-hybridized carbons (Fsp3) is 0.636. The molecule has 0 rings (SSSR count). The van der Waals surface area contributed by atoms with E-state index in [1.165, 1.54) is 13.8 Å². The molecule has 0 aliphatic heterocycles. The normalized spacial score (nSPS) is 13.1. The quantitative estimate of drug-likeness (QED) is 0.688. The van der Waals surface area contributed by atoms with Gasteiger partial charge in [-0.1, -0.05) is 0 Å². The van der Waals surface area contributed by atoms with Gasteiger partial charge in [0.25, 0.3) is 0 Å². The smallest absolute Gasteiger partial charge is 0.331 e. The van der Waals surface area contributed by atoms with E-state index in [4.69, 9.17) is 9.84 Å². The van der Waals surface area contributed by atoms with Crippen LogP contribution in [-0.2, 0) is 14.3 Å². The summed E-state index contributed by atoms with van der Waals surface area (Å²) in [4.78, 5) is 22.4. The molecule has 0 aliphatic carbocycles. The molecular weight excluding hydrogens is 210 g/mol. The second-order valence-corrected chi connectivity index (χ2v) is 4.33. The minimum absolute atomic E-state index is 0.0470. The van der Waals surface area contributed by atoms with Gasteiger partial charge in [0.15, 0.2) is 0 Å². The zero-order valence-corrected chi connectivity index (χ0v) is 10.4. The Hall–Kier alpha value is -1.36. The van der Waals surface area contributed by atoms with Crippen molar-refractivity contribution in [2.45, 2.75) is 33.2 Å². The molecule has 0 bridgehead atoms. The lowest BCUT2D eigenvalue weighted by Crippen LogP contribution is -2.47. The molecule has 0 aromatic carbocycles. The number of aliphatic carboxylic acids is 1. The zero-order chi connectivity index (χ0) is 12.9. The van der Waals surface area contributed by atoms with Crippen molar-refractivity contribution in [2.75, 3.05) is 13.7 Å². The third kappa shape index (κ3) is 4.44. The average molecular weight is 229 g/mol. The van der Waals surface area contributed by atoms with Crippen molar-refractivity contribution in [3.8, 4) is 0 Å². The molecule has 2 N–H and O–H groups in total. The Morgan fingerprint density at radius 3 is 2.12 bits per heavy atom. The van der Waals surface area contributed by atoms with Gasteiger partial charge >= 0.3 is 5.97 Å². The SMILES string of the molecule is COCC(C)(C)NC(=O)C(C)=C(C)C(=O)O. The predicted octanol–water partition coefficient (Wildman–Crippen LogP) is 0.949. The van der Waals surface area contributed by atoms with E-state index in [2.05, 4.69) is 5.32 Å². The highest BCUT2D eigenvalue weighted by Gasteiger charge is 2.22. The van der Waals surface area contributed by atoms with Crippen molar-refractivity contribution in [3.63, 3.8) is 0 Å². The van der Waals surface area contributed by atoms with Gasteiger partial charge in [-0.3, -0.25) is 4.79 Å². The van der Waals surface area contributed by atoms with Crippen molar-refractivity contribution >= 4 is 11.9 Å². The number of nitrogens with one attached hydrogen (secondary N) is 1. The summed E-state index contributed by atoms with van der Waals surface area (Å²) in [7, 11) is 1.54. The summed E-state index contributed by atoms with van der Waals surface area (Å²) in [5, 5.41) is 11.4. The number of carboxylic acid groups (broad SMARTS) is 1. The van der Waals surface area contributed by atoms with Crippen LogP contribution in [0.1, 0.15) is 27.7 Å². The molecular formula is C11H19NO4. The summed E-state index contributed by atoms with van der Waals surface area (Å²) in [6.45, 7) is 6.86. The largest absolute Gasteiger partial charge is 0.478 e. The molecule has 0 aliphatic rings. The number of amides is 1. The summed E-state index contributed by atoms with van der Waals surface area (Å²) in [5.74, 6) is -1.47. The Balaban J connectivity index is 4.72. The first-order valence-electron chi connectivity index (χ1n) is 4.93. The molecule has 5 heteroatoms. The van der Waals surface area contributed by atoms with Crippen LogP contribution in [0.3, 0.4) is 0 Å². The molecule has 0 fully saturated rings. The van der Waals surface area contributed by atoms with Gasteiger partial charge in [0, 0.05) is 18.3 Å². The van der Waals surface area contributed by atoms with Gasteiger partial charge in [-0.2, -0.15) is 0 Å². The summed E-state index contributed by atoms with van der Waals surface area (Å²) in [5.41, 5.74) is -0.270. The molecule has 0 aromatic heterocycles. The van der Waals surface area contributed by atoms with Gasteiger partial charge < -0.3 is 15.2 Å². The van der Waals surface area contributed by atoms with E-state index in [-0.39, 0.29) is 17.1 Å². The monoisotopic (exact) mass is 229 g/mol. The third-order valence-electron chi connectivity index (χ3n) is 2.18. The maximum Gasteiger partial charge on any atom is 0.331 e. The van der Waals surface area contributed by atoms with Crippen molar-refractivity contribution in [3.05, 3.63) is 11.1 Å². The van der Waals surface area contributed by atoms with Crippen LogP contribution in [0.5, 0.6) is 0 Å². The van der Waals surface area contributed by atoms with E-state index in [9.17, 15) is 9.59 Å². The molecule has 0 atom stereocenters. The van der Waals surface area contributed by atoms with E-state index in [1.807, 2.05) is 0 Å². The number of methoxy groups -OCH3 is 1. The number of rotatable bonds is 5. The summed E-state index contributed by atoms with van der Waals surface area (Å²) in [6.07, 6.45) is 0. The second kappa shape index (κ2) is 5.65. The van der Waals surface area contributed by atoms with Crippen LogP contribution in [0.15, 0.2) is 11.1 Å². The Labute approximate surface area is 95.5 Å². The van der Waals surface area contributed by atoms with Gasteiger partial charge in [0.05, 0.1) is 12.1 Å². The van der Waals surface area contributed by atoms with Crippen LogP contribution in [0.25, 0.3) is 0 Å². The van der Waals surface area contributed by atoms with E-state index in [0.29, 0.717) is 6.61 Å². The Bertz CT molecular complexity index is 318. The number of ether oxygens (including phenoxy) is 1. The minimum atomic E-state index is -1.09. The lowest BCUT2D eigenvalue weighted by molar-refractivity contribution is -0.133. The lowest BCUT2D eigenvalue weighted by Gasteiger charge is -2.25. The van der Waals surface area contributed by atoms with Crippen LogP contribution in [0.2, 0.25) is 0 Å². The highest BCUT2D eigenvalue weighted by molar-refractivity contribution is 6.01. The Kier molecular flexibility index (Phi) is 5.17. The first-order valence-corrected chi connectivity index (χ1v) is 4.93. The molecule has 1 amide bonds. The molecule has 0 spiro atoms. The molecule has 16 heavy (non-hydrogen) atoms. The van der Waals surface area contributed by atoms with E-state index < -0.39 is 11.5 Å². The topological polar surface area (TPSA) is 75.6 Å². The number of hydrogen-bond donors (Lipinski definition) is 2. The number of hydrogen-bond acceptors (Lipinski definition) is 3. The Morgan fingerprint density at radius 2 is 1.75 bits per heavy atom. The third-order valence-corrected chi connectivity index (χ3v) is 2.18. The summed E-state index contributed by atoms with van der Waals surface area (Å²) >= 11 is 0. The van der Waals surface area contributed by atoms with Crippen molar-refractivity contribution < 1.29 is 19.4 Å². The van der Waals surface area contributed by atoms with Crippen LogP contribution < -0.4 is 5.32 Å². The molecule has 0 unspecified atom stereocenters. The van der Waals surface area contributed by atoms with Gasteiger partial charge in [-0.15, -0.1) is 0 Å². The summed E-state index contributed by atoms with van der Waals surface area (Å²) < 4.78 is 4.95. The average Bonchev–Trinajstić information content (AvgIpc) is 2.14. The van der Waals surface area contributed by atoms with Gasteiger partial charge in [0.1, 0.15) is 0 Å². The van der Waals surface area contributed by atoms with Gasteiger partial charge in [-0.25, -0.2) is 4.79 Å². The van der Waals surface area contributed by atoms with E-state index in [1.54, 1.807) is 21.0 Å². The van der Waals surface area contributed by atoms with Crippen molar-refractivity contribution in [1.29, 1.82) is 0 Å². The minimum Gasteiger partial charge on any atom is -0.478 e. The molecule has 0 radical (unpaired) electrons. The number of carbonyl (C=O) groups is 2. The molecule has 0 saturated heterocycles. The molecule has 0 aromatic rings. The lowest BCUT2D eigenvalue weighted by atomic mass is 10.0. The van der Waals surface area contributed by atoms with Crippen LogP contribution in [0, 0.1) is 0 Å². The highest BCUT2D eigenvalue weighted by atomic mass is 16.5. The van der Waals surface area contributed by atoms with Crippen molar-refractivity contribution in [1.82, 2.24) is 5.32 Å². The zero-order valence-electron chi connectivity index (χ0n) is 10.4. The van der Waals surface area contributed by atoms with Gasteiger partial charge in [0.2, 0.25) is 5.91 Å². The predicted molar refractivity (Wildman–Crippen MR) is 60.1 cm³/mol. The van der Waals surface area contributed by atoms with Crippen LogP contribution >= 0.6 is 0 Å².